The van der Waals surface area contributed by atoms with Crippen molar-refractivity contribution < 1.29 is 0 Å². The summed E-state index contributed by atoms with van der Waals surface area (Å²) in [5.41, 5.74) is 8.63. The van der Waals surface area contributed by atoms with Crippen molar-refractivity contribution in [3.05, 3.63) is 115 Å². The molecule has 5 heterocycles. The van der Waals surface area contributed by atoms with E-state index in [4.69, 9.17) is 9.97 Å². The first-order valence-corrected chi connectivity index (χ1v) is 16.1. The van der Waals surface area contributed by atoms with Gasteiger partial charge in [0.05, 0.1) is 22.1 Å². The van der Waals surface area contributed by atoms with Crippen LogP contribution < -0.4 is 0 Å². The molecule has 0 amide bonds. The highest BCUT2D eigenvalue weighted by atomic mass is 32.1. The number of rotatable bonds is 1. The predicted molar refractivity (Wildman–Crippen MR) is 185 cm³/mol. The van der Waals surface area contributed by atoms with Crippen molar-refractivity contribution >= 4 is 112 Å². The van der Waals surface area contributed by atoms with Crippen LogP contribution in [0.25, 0.3) is 101 Å². The number of benzene rings is 6. The van der Waals surface area contributed by atoms with E-state index in [0.717, 1.165) is 22.2 Å². The molecule has 0 atom stereocenters. The Hall–Kier alpha value is -5.10. The molecule has 3 nitrogen and oxygen atoms in total. The number of fused-ring (bicyclic) bond motifs is 14. The Balaban J connectivity index is 1.28. The van der Waals surface area contributed by atoms with E-state index < -0.39 is 0 Å². The number of hydrogen-bond donors (Lipinski definition) is 0. The second-order valence-corrected chi connectivity index (χ2v) is 13.5. The maximum atomic E-state index is 5.23. The molecule has 0 spiro atoms. The zero-order valence-corrected chi connectivity index (χ0v) is 24.3. The SMILES string of the molecule is c1ccc2nc3c(nc2c1)c1c2sc4ccccc4c2cc2c4cc(-c5ccc6c(c5)sc5ccccc56)ccc4n3c21. The van der Waals surface area contributed by atoms with Gasteiger partial charge in [0.25, 0.3) is 0 Å². The van der Waals surface area contributed by atoms with E-state index in [0.29, 0.717) is 0 Å². The predicted octanol–water partition coefficient (Wildman–Crippen LogP) is 11.2. The zero-order chi connectivity index (χ0) is 27.8. The molecule has 43 heavy (non-hydrogen) atoms. The molecular weight excluding hydrogens is 563 g/mol. The van der Waals surface area contributed by atoms with E-state index in [1.165, 1.54) is 78.7 Å². The summed E-state index contributed by atoms with van der Waals surface area (Å²) in [4.78, 5) is 10.5. The summed E-state index contributed by atoms with van der Waals surface area (Å²) >= 11 is 3.73. The van der Waals surface area contributed by atoms with Crippen LogP contribution in [-0.4, -0.2) is 14.4 Å². The van der Waals surface area contributed by atoms with Gasteiger partial charge in [-0.1, -0.05) is 66.7 Å². The summed E-state index contributed by atoms with van der Waals surface area (Å²) in [5.74, 6) is 0. The molecule has 11 rings (SSSR count). The lowest BCUT2D eigenvalue weighted by molar-refractivity contribution is 1.28. The maximum absolute atomic E-state index is 5.23. The third-order valence-corrected chi connectivity index (χ3v) is 11.4. The zero-order valence-electron chi connectivity index (χ0n) is 22.6. The largest absolute Gasteiger partial charge is 0.291 e. The molecule has 0 unspecified atom stereocenters. The number of aromatic nitrogens is 3. The van der Waals surface area contributed by atoms with Gasteiger partial charge in [-0.15, -0.1) is 22.7 Å². The standard InChI is InChI=1S/C38H19N3S2/c1-5-11-31-22(7-1)24-15-13-21(18-33(24)42-31)20-14-16-30-25(17-20)26-19-27-23-8-2-6-12-32(23)43-37(27)34-35-38(41(30)36(26)34)40-29-10-4-3-9-28(29)39-35/h1-19H. The van der Waals surface area contributed by atoms with Gasteiger partial charge in [-0.2, -0.15) is 0 Å². The van der Waals surface area contributed by atoms with Gasteiger partial charge in [-0.05, 0) is 59.7 Å². The Bertz CT molecular complexity index is 2960. The van der Waals surface area contributed by atoms with E-state index in [2.05, 4.69) is 108 Å². The molecule has 5 aromatic heterocycles. The fourth-order valence-electron chi connectivity index (χ4n) is 7.19. The summed E-state index contributed by atoms with van der Waals surface area (Å²) in [6.45, 7) is 0. The van der Waals surface area contributed by atoms with Crippen molar-refractivity contribution in [2.24, 2.45) is 0 Å². The van der Waals surface area contributed by atoms with Crippen molar-refractivity contribution in [2.45, 2.75) is 0 Å². The molecule has 5 heteroatoms. The van der Waals surface area contributed by atoms with Crippen LogP contribution in [0.1, 0.15) is 0 Å². The van der Waals surface area contributed by atoms with Crippen LogP contribution in [0, 0.1) is 0 Å². The monoisotopic (exact) mass is 581 g/mol. The molecule has 11 aromatic rings. The molecule has 0 aliphatic carbocycles. The van der Waals surface area contributed by atoms with Crippen LogP contribution in [0.2, 0.25) is 0 Å². The number of nitrogens with zero attached hydrogens (tertiary/aromatic N) is 3. The van der Waals surface area contributed by atoms with E-state index >= 15 is 0 Å². The average molecular weight is 582 g/mol. The molecule has 0 aliphatic heterocycles. The van der Waals surface area contributed by atoms with E-state index in [1.54, 1.807) is 0 Å². The molecule has 0 N–H and O–H groups in total. The topological polar surface area (TPSA) is 30.2 Å². The lowest BCUT2D eigenvalue weighted by atomic mass is 10.00. The molecule has 6 aromatic carbocycles. The van der Waals surface area contributed by atoms with Gasteiger partial charge in [0.1, 0.15) is 5.52 Å². The highest BCUT2D eigenvalue weighted by Crippen LogP contribution is 2.47. The minimum atomic E-state index is 0.921. The van der Waals surface area contributed by atoms with Crippen molar-refractivity contribution in [3.8, 4) is 11.1 Å². The molecule has 198 valence electrons. The van der Waals surface area contributed by atoms with Crippen molar-refractivity contribution in [1.82, 2.24) is 14.4 Å². The molecule has 0 saturated heterocycles. The molecular formula is C38H19N3S2. The van der Waals surface area contributed by atoms with E-state index in [9.17, 15) is 0 Å². The van der Waals surface area contributed by atoms with Crippen LogP contribution in [0.3, 0.4) is 0 Å². The molecule has 0 radical (unpaired) electrons. The Morgan fingerprint density at radius 3 is 2.02 bits per heavy atom. The smallest absolute Gasteiger partial charge is 0.165 e. The Morgan fingerprint density at radius 2 is 1.16 bits per heavy atom. The molecule has 0 aliphatic rings. The molecule has 0 fully saturated rings. The third-order valence-electron chi connectivity index (χ3n) is 9.11. The number of thiophene rings is 2. The minimum absolute atomic E-state index is 0.921. The van der Waals surface area contributed by atoms with Crippen molar-refractivity contribution in [2.75, 3.05) is 0 Å². The Labute approximate surface area is 252 Å². The quantitative estimate of drug-likeness (QED) is 0.193. The van der Waals surface area contributed by atoms with Crippen LogP contribution in [-0.2, 0) is 0 Å². The van der Waals surface area contributed by atoms with Gasteiger partial charge in [0.2, 0.25) is 0 Å². The second kappa shape index (κ2) is 7.84. The van der Waals surface area contributed by atoms with Crippen LogP contribution in [0.5, 0.6) is 0 Å². The number of hydrogen-bond acceptors (Lipinski definition) is 4. The Morgan fingerprint density at radius 1 is 0.488 bits per heavy atom. The minimum Gasteiger partial charge on any atom is -0.291 e. The van der Waals surface area contributed by atoms with Gasteiger partial charge in [0.15, 0.2) is 5.65 Å². The van der Waals surface area contributed by atoms with E-state index in [1.807, 2.05) is 34.8 Å². The molecule has 0 bridgehead atoms. The Kier molecular flexibility index (Phi) is 4.10. The van der Waals surface area contributed by atoms with E-state index in [-0.39, 0.29) is 0 Å². The van der Waals surface area contributed by atoms with Crippen LogP contribution >= 0.6 is 22.7 Å². The normalized spacial score (nSPS) is 12.7. The van der Waals surface area contributed by atoms with Gasteiger partial charge < -0.3 is 0 Å². The van der Waals surface area contributed by atoms with Crippen molar-refractivity contribution in [1.29, 1.82) is 0 Å². The van der Waals surface area contributed by atoms with Crippen molar-refractivity contribution in [3.63, 3.8) is 0 Å². The summed E-state index contributed by atoms with van der Waals surface area (Å²) < 4.78 is 7.61. The highest BCUT2D eigenvalue weighted by molar-refractivity contribution is 7.27. The summed E-state index contributed by atoms with van der Waals surface area (Å²) in [6.07, 6.45) is 0. The number of para-hydroxylation sites is 2. The fourth-order valence-corrected chi connectivity index (χ4v) is 9.57. The van der Waals surface area contributed by atoms with Crippen LogP contribution in [0.4, 0.5) is 0 Å². The first kappa shape index (κ1) is 22.5. The summed E-state index contributed by atoms with van der Waals surface area (Å²) in [6, 6.07) is 41.9. The third kappa shape index (κ3) is 2.84. The fraction of sp³-hybridized carbons (Fsp3) is 0. The second-order valence-electron chi connectivity index (χ2n) is 11.4. The van der Waals surface area contributed by atoms with Gasteiger partial charge in [-0.25, -0.2) is 9.97 Å². The average Bonchev–Trinajstić information content (AvgIpc) is 3.79. The summed E-state index contributed by atoms with van der Waals surface area (Å²) in [7, 11) is 0. The summed E-state index contributed by atoms with van der Waals surface area (Å²) in [5, 5.41) is 8.98. The molecule has 0 saturated carbocycles. The first-order chi connectivity index (χ1) is 21.3. The lowest BCUT2D eigenvalue weighted by Crippen LogP contribution is -1.89. The first-order valence-electron chi connectivity index (χ1n) is 14.4. The van der Waals surface area contributed by atoms with Gasteiger partial charge in [0, 0.05) is 56.5 Å². The maximum Gasteiger partial charge on any atom is 0.165 e. The van der Waals surface area contributed by atoms with Crippen LogP contribution in [0.15, 0.2) is 115 Å². The lowest BCUT2D eigenvalue weighted by Gasteiger charge is -2.05. The highest BCUT2D eigenvalue weighted by Gasteiger charge is 2.24. The van der Waals surface area contributed by atoms with Gasteiger partial charge >= 0.3 is 0 Å². The van der Waals surface area contributed by atoms with Gasteiger partial charge in [-0.3, -0.25) is 4.40 Å².